The minimum Gasteiger partial charge on any atom is -0.394 e. The van der Waals surface area contributed by atoms with Gasteiger partial charge in [0.25, 0.3) is 0 Å². The number of allylic oxidation sites excluding steroid dienone is 1. The van der Waals surface area contributed by atoms with Crippen LogP contribution in [-0.2, 0) is 27.4 Å². The summed E-state index contributed by atoms with van der Waals surface area (Å²) >= 11 is 0. The Bertz CT molecular complexity index is 779. The standard InChI is InChI=1S/C30H42O4/c1-2-3-4-5-6-7-8-9-16-21-27-29(32-23-25-17-12-10-13-18-25)30(28(22-31)34-27)33-24-26-19-14-11-15-20-26/h2,10-15,17-20,27-31H,1,3-9,16,21-24H2/t27-,28+,29+,30+/m0/s1. The van der Waals surface area contributed by atoms with Gasteiger partial charge < -0.3 is 19.3 Å². The second kappa shape index (κ2) is 15.8. The van der Waals surface area contributed by atoms with Crippen molar-refractivity contribution < 1.29 is 19.3 Å². The lowest BCUT2D eigenvalue weighted by Crippen LogP contribution is -2.38. The summed E-state index contributed by atoms with van der Waals surface area (Å²) < 4.78 is 19.0. The summed E-state index contributed by atoms with van der Waals surface area (Å²) in [4.78, 5) is 0. The van der Waals surface area contributed by atoms with Gasteiger partial charge in [-0.15, -0.1) is 6.58 Å². The van der Waals surface area contributed by atoms with Gasteiger partial charge in [-0.3, -0.25) is 0 Å². The third kappa shape index (κ3) is 8.99. The summed E-state index contributed by atoms with van der Waals surface area (Å²) in [7, 11) is 0. The Balaban J connectivity index is 1.52. The van der Waals surface area contributed by atoms with E-state index in [-0.39, 0.29) is 31.0 Å². The number of aliphatic hydroxyl groups excluding tert-OH is 1. The number of benzene rings is 2. The predicted octanol–water partition coefficient (Wildman–Crippen LogP) is 6.61. The molecule has 186 valence electrons. The van der Waals surface area contributed by atoms with Crippen molar-refractivity contribution in [1.82, 2.24) is 0 Å². The Morgan fingerprint density at radius 2 is 1.21 bits per heavy atom. The molecule has 1 aliphatic rings. The highest BCUT2D eigenvalue weighted by molar-refractivity contribution is 5.14. The highest BCUT2D eigenvalue weighted by Gasteiger charge is 2.45. The fraction of sp³-hybridized carbons (Fsp3) is 0.533. The fourth-order valence-corrected chi connectivity index (χ4v) is 4.64. The Morgan fingerprint density at radius 1 is 0.706 bits per heavy atom. The summed E-state index contributed by atoms with van der Waals surface area (Å²) in [6.45, 7) is 4.72. The quantitative estimate of drug-likeness (QED) is 0.210. The van der Waals surface area contributed by atoms with Crippen LogP contribution in [0.4, 0.5) is 0 Å². The molecule has 0 amide bonds. The van der Waals surface area contributed by atoms with Crippen LogP contribution >= 0.6 is 0 Å². The highest BCUT2D eigenvalue weighted by atomic mass is 16.6. The van der Waals surface area contributed by atoms with Gasteiger partial charge in [-0.1, -0.05) is 105 Å². The minimum absolute atomic E-state index is 0.0609. The number of ether oxygens (including phenoxy) is 3. The van der Waals surface area contributed by atoms with Crippen LogP contribution in [0.2, 0.25) is 0 Å². The van der Waals surface area contributed by atoms with E-state index in [0.717, 1.165) is 30.4 Å². The molecule has 0 aromatic heterocycles. The Hall–Kier alpha value is -1.98. The molecule has 0 spiro atoms. The molecule has 4 heteroatoms. The van der Waals surface area contributed by atoms with E-state index in [1.165, 1.54) is 38.5 Å². The van der Waals surface area contributed by atoms with Crippen LogP contribution in [0.15, 0.2) is 73.3 Å². The van der Waals surface area contributed by atoms with Gasteiger partial charge in [-0.2, -0.15) is 0 Å². The molecule has 0 saturated carbocycles. The molecule has 2 aromatic carbocycles. The van der Waals surface area contributed by atoms with Gasteiger partial charge in [0.05, 0.1) is 25.9 Å². The number of unbranched alkanes of at least 4 members (excludes halogenated alkanes) is 7. The van der Waals surface area contributed by atoms with Crippen molar-refractivity contribution in [1.29, 1.82) is 0 Å². The molecule has 1 heterocycles. The van der Waals surface area contributed by atoms with Crippen molar-refractivity contribution in [3.63, 3.8) is 0 Å². The third-order valence-corrected chi connectivity index (χ3v) is 6.55. The third-order valence-electron chi connectivity index (χ3n) is 6.55. The molecule has 0 radical (unpaired) electrons. The Kier molecular flexibility index (Phi) is 12.4. The number of rotatable bonds is 17. The Labute approximate surface area is 205 Å². The van der Waals surface area contributed by atoms with Crippen molar-refractivity contribution >= 4 is 0 Å². The highest BCUT2D eigenvalue weighted by Crippen LogP contribution is 2.31. The molecule has 2 aromatic rings. The van der Waals surface area contributed by atoms with E-state index in [1.807, 2.05) is 42.5 Å². The lowest BCUT2D eigenvalue weighted by Gasteiger charge is -2.25. The number of aliphatic hydroxyl groups is 1. The van der Waals surface area contributed by atoms with Gasteiger partial charge in [-0.25, -0.2) is 0 Å². The van der Waals surface area contributed by atoms with Crippen LogP contribution in [0.1, 0.15) is 68.9 Å². The first kappa shape index (κ1) is 26.6. The monoisotopic (exact) mass is 466 g/mol. The van der Waals surface area contributed by atoms with Gasteiger partial charge in [0.2, 0.25) is 0 Å². The molecule has 4 nitrogen and oxygen atoms in total. The maximum absolute atomic E-state index is 10.0. The van der Waals surface area contributed by atoms with E-state index >= 15 is 0 Å². The molecule has 1 fully saturated rings. The zero-order chi connectivity index (χ0) is 23.8. The second-order valence-corrected chi connectivity index (χ2v) is 9.26. The summed E-state index contributed by atoms with van der Waals surface area (Å²) in [5.41, 5.74) is 2.24. The molecular formula is C30H42O4. The molecular weight excluding hydrogens is 424 g/mol. The van der Waals surface area contributed by atoms with Crippen LogP contribution in [0, 0.1) is 0 Å². The van der Waals surface area contributed by atoms with E-state index in [0.29, 0.717) is 13.2 Å². The van der Waals surface area contributed by atoms with E-state index in [1.54, 1.807) is 0 Å². The van der Waals surface area contributed by atoms with Crippen molar-refractivity contribution in [2.45, 2.75) is 95.4 Å². The largest absolute Gasteiger partial charge is 0.394 e. The number of hydrogen-bond donors (Lipinski definition) is 1. The topological polar surface area (TPSA) is 47.9 Å². The predicted molar refractivity (Wildman–Crippen MR) is 138 cm³/mol. The zero-order valence-corrected chi connectivity index (χ0v) is 20.5. The maximum Gasteiger partial charge on any atom is 0.115 e. The maximum atomic E-state index is 10.0. The second-order valence-electron chi connectivity index (χ2n) is 9.26. The van der Waals surface area contributed by atoms with Crippen LogP contribution in [-0.4, -0.2) is 36.1 Å². The zero-order valence-electron chi connectivity index (χ0n) is 20.5. The first-order valence-electron chi connectivity index (χ1n) is 13.0. The summed E-state index contributed by atoms with van der Waals surface area (Å²) in [5.74, 6) is 0. The molecule has 1 N–H and O–H groups in total. The smallest absolute Gasteiger partial charge is 0.115 e. The minimum atomic E-state index is -0.362. The lowest BCUT2D eigenvalue weighted by atomic mass is 10.0. The van der Waals surface area contributed by atoms with Gasteiger partial charge in [0.15, 0.2) is 0 Å². The molecule has 0 bridgehead atoms. The molecule has 0 aliphatic carbocycles. The van der Waals surface area contributed by atoms with E-state index < -0.39 is 0 Å². The summed E-state index contributed by atoms with van der Waals surface area (Å²) in [6, 6.07) is 20.3. The van der Waals surface area contributed by atoms with Crippen molar-refractivity contribution in [2.24, 2.45) is 0 Å². The van der Waals surface area contributed by atoms with Gasteiger partial charge in [-0.05, 0) is 30.4 Å². The van der Waals surface area contributed by atoms with Crippen molar-refractivity contribution in [2.75, 3.05) is 6.61 Å². The molecule has 3 rings (SSSR count). The van der Waals surface area contributed by atoms with Crippen molar-refractivity contribution in [3.8, 4) is 0 Å². The van der Waals surface area contributed by atoms with Gasteiger partial charge in [0.1, 0.15) is 18.3 Å². The summed E-state index contributed by atoms with van der Waals surface area (Å²) in [6.07, 6.45) is 11.9. The number of hydrogen-bond acceptors (Lipinski definition) is 4. The first-order chi connectivity index (χ1) is 16.8. The molecule has 0 unspecified atom stereocenters. The van der Waals surface area contributed by atoms with E-state index in [4.69, 9.17) is 14.2 Å². The SMILES string of the molecule is C=CCCCCCCCCC[C@@H]1O[C@H](CO)[C@@H](OCc2ccccc2)[C@@H]1OCc1ccccc1. The van der Waals surface area contributed by atoms with E-state index in [2.05, 4.69) is 30.8 Å². The van der Waals surface area contributed by atoms with E-state index in [9.17, 15) is 5.11 Å². The van der Waals surface area contributed by atoms with Crippen LogP contribution in [0.3, 0.4) is 0 Å². The molecule has 34 heavy (non-hydrogen) atoms. The fourth-order valence-electron chi connectivity index (χ4n) is 4.64. The summed E-state index contributed by atoms with van der Waals surface area (Å²) in [5, 5.41) is 10.0. The molecule has 1 saturated heterocycles. The average Bonchev–Trinajstić information content (AvgIpc) is 3.22. The van der Waals surface area contributed by atoms with Crippen molar-refractivity contribution in [3.05, 3.63) is 84.4 Å². The normalized spacial score (nSPS) is 22.1. The average molecular weight is 467 g/mol. The van der Waals surface area contributed by atoms with Crippen LogP contribution in [0.25, 0.3) is 0 Å². The Morgan fingerprint density at radius 3 is 1.74 bits per heavy atom. The molecule has 4 atom stereocenters. The van der Waals surface area contributed by atoms with Gasteiger partial charge >= 0.3 is 0 Å². The van der Waals surface area contributed by atoms with Crippen LogP contribution < -0.4 is 0 Å². The molecule has 1 aliphatic heterocycles. The van der Waals surface area contributed by atoms with Gasteiger partial charge in [0, 0.05) is 0 Å². The lowest BCUT2D eigenvalue weighted by molar-refractivity contribution is -0.0836. The van der Waals surface area contributed by atoms with Crippen LogP contribution in [0.5, 0.6) is 0 Å². The first-order valence-corrected chi connectivity index (χ1v) is 13.0.